The summed E-state index contributed by atoms with van der Waals surface area (Å²) < 4.78 is 13.3. The van der Waals surface area contributed by atoms with Crippen LogP contribution in [-0.4, -0.2) is 29.9 Å². The summed E-state index contributed by atoms with van der Waals surface area (Å²) in [4.78, 5) is 12.1. The SMILES string of the molecule is CCC(CCO)CNC(=O)CSc1ccccc1F. The van der Waals surface area contributed by atoms with Gasteiger partial charge in [0.1, 0.15) is 5.82 Å². The third-order valence-electron chi connectivity index (χ3n) is 2.90. The molecule has 1 atom stereocenters. The van der Waals surface area contributed by atoms with E-state index in [1.54, 1.807) is 18.2 Å². The van der Waals surface area contributed by atoms with E-state index >= 15 is 0 Å². The van der Waals surface area contributed by atoms with Crippen LogP contribution in [0.5, 0.6) is 0 Å². The number of carbonyl (C=O) groups excluding carboxylic acids is 1. The van der Waals surface area contributed by atoms with Crippen LogP contribution in [0.15, 0.2) is 29.2 Å². The largest absolute Gasteiger partial charge is 0.396 e. The molecule has 0 bridgehead atoms. The van der Waals surface area contributed by atoms with Crippen molar-refractivity contribution in [1.29, 1.82) is 0 Å². The Morgan fingerprint density at radius 3 is 2.84 bits per heavy atom. The Balaban J connectivity index is 2.30. The smallest absolute Gasteiger partial charge is 0.230 e. The lowest BCUT2D eigenvalue weighted by Gasteiger charge is -2.14. The first-order valence-corrected chi connectivity index (χ1v) is 7.40. The topological polar surface area (TPSA) is 49.3 Å². The maximum absolute atomic E-state index is 13.3. The fourth-order valence-corrected chi connectivity index (χ4v) is 2.42. The number of amides is 1. The van der Waals surface area contributed by atoms with Crippen LogP contribution < -0.4 is 5.32 Å². The molecule has 0 heterocycles. The van der Waals surface area contributed by atoms with E-state index < -0.39 is 0 Å². The summed E-state index contributed by atoms with van der Waals surface area (Å²) in [6.45, 7) is 2.73. The second-order valence-corrected chi connectivity index (χ2v) is 5.33. The summed E-state index contributed by atoms with van der Waals surface area (Å²) in [7, 11) is 0. The number of carbonyl (C=O) groups is 1. The van der Waals surface area contributed by atoms with Crippen LogP contribution in [0.2, 0.25) is 0 Å². The normalized spacial score (nSPS) is 12.2. The van der Waals surface area contributed by atoms with Crippen molar-refractivity contribution < 1.29 is 14.3 Å². The van der Waals surface area contributed by atoms with E-state index in [9.17, 15) is 9.18 Å². The summed E-state index contributed by atoms with van der Waals surface area (Å²) >= 11 is 1.19. The predicted molar refractivity (Wildman–Crippen MR) is 75.6 cm³/mol. The number of hydrogen-bond donors (Lipinski definition) is 2. The van der Waals surface area contributed by atoms with Crippen LogP contribution in [0.25, 0.3) is 0 Å². The number of aliphatic hydroxyl groups excluding tert-OH is 1. The van der Waals surface area contributed by atoms with Crippen LogP contribution in [-0.2, 0) is 4.79 Å². The van der Waals surface area contributed by atoms with Crippen molar-refractivity contribution >= 4 is 17.7 Å². The Morgan fingerprint density at radius 2 is 2.21 bits per heavy atom. The molecule has 1 aromatic rings. The van der Waals surface area contributed by atoms with Gasteiger partial charge >= 0.3 is 0 Å². The average molecular weight is 285 g/mol. The molecule has 0 aliphatic carbocycles. The van der Waals surface area contributed by atoms with Crippen LogP contribution in [0.3, 0.4) is 0 Å². The third-order valence-corrected chi connectivity index (χ3v) is 3.95. The number of rotatable bonds is 8. The highest BCUT2D eigenvalue weighted by atomic mass is 32.2. The molecular weight excluding hydrogens is 265 g/mol. The van der Waals surface area contributed by atoms with Crippen molar-refractivity contribution in [3.63, 3.8) is 0 Å². The Morgan fingerprint density at radius 1 is 1.47 bits per heavy atom. The molecule has 0 aliphatic heterocycles. The van der Waals surface area contributed by atoms with Gasteiger partial charge in [-0.3, -0.25) is 4.79 Å². The molecule has 5 heteroatoms. The summed E-state index contributed by atoms with van der Waals surface area (Å²) in [5.41, 5.74) is 0. The third kappa shape index (κ3) is 6.07. The molecule has 1 rings (SSSR count). The van der Waals surface area contributed by atoms with Gasteiger partial charge in [0.25, 0.3) is 0 Å². The molecule has 0 saturated heterocycles. The van der Waals surface area contributed by atoms with Crippen molar-refractivity contribution in [1.82, 2.24) is 5.32 Å². The first-order chi connectivity index (χ1) is 9.17. The lowest BCUT2D eigenvalue weighted by molar-refractivity contribution is -0.118. The van der Waals surface area contributed by atoms with Crippen molar-refractivity contribution in [2.24, 2.45) is 5.92 Å². The van der Waals surface area contributed by atoms with Crippen LogP contribution in [0.4, 0.5) is 4.39 Å². The average Bonchev–Trinajstić information content (AvgIpc) is 2.42. The number of nitrogens with one attached hydrogen (secondary N) is 1. The second-order valence-electron chi connectivity index (χ2n) is 4.31. The highest BCUT2D eigenvalue weighted by Gasteiger charge is 2.09. The van der Waals surface area contributed by atoms with Crippen molar-refractivity contribution in [2.45, 2.75) is 24.7 Å². The number of thioether (sulfide) groups is 1. The van der Waals surface area contributed by atoms with Crippen molar-refractivity contribution in [2.75, 3.05) is 18.9 Å². The molecule has 0 saturated carbocycles. The molecule has 19 heavy (non-hydrogen) atoms. The molecule has 106 valence electrons. The first kappa shape index (κ1) is 16.0. The van der Waals surface area contributed by atoms with Crippen LogP contribution in [0, 0.1) is 11.7 Å². The number of halogens is 1. The van der Waals surface area contributed by atoms with E-state index in [4.69, 9.17) is 5.11 Å². The van der Waals surface area contributed by atoms with Crippen molar-refractivity contribution in [3.05, 3.63) is 30.1 Å². The van der Waals surface area contributed by atoms with E-state index in [-0.39, 0.29) is 24.1 Å². The van der Waals surface area contributed by atoms with E-state index in [1.807, 2.05) is 6.92 Å². The number of benzene rings is 1. The molecule has 0 fully saturated rings. The lowest BCUT2D eigenvalue weighted by atomic mass is 10.0. The summed E-state index contributed by atoms with van der Waals surface area (Å²) in [6.07, 6.45) is 1.61. The van der Waals surface area contributed by atoms with Gasteiger partial charge in [-0.2, -0.15) is 0 Å². The monoisotopic (exact) mass is 285 g/mol. The zero-order chi connectivity index (χ0) is 14.1. The molecule has 3 nitrogen and oxygen atoms in total. The molecular formula is C14H20FNO2S. The van der Waals surface area contributed by atoms with Crippen molar-refractivity contribution in [3.8, 4) is 0 Å². The second kappa shape index (κ2) is 8.93. The summed E-state index contributed by atoms with van der Waals surface area (Å²) in [5, 5.41) is 11.7. The molecule has 0 spiro atoms. The Kier molecular flexibility index (Phi) is 7.52. The Labute approximate surface area is 117 Å². The van der Waals surface area contributed by atoms with E-state index in [1.165, 1.54) is 17.8 Å². The van der Waals surface area contributed by atoms with Crippen LogP contribution >= 0.6 is 11.8 Å². The maximum atomic E-state index is 13.3. The minimum atomic E-state index is -0.299. The molecule has 0 aromatic heterocycles. The summed E-state index contributed by atoms with van der Waals surface area (Å²) in [5.74, 6) is 0.0975. The van der Waals surface area contributed by atoms with Gasteiger partial charge in [0.05, 0.1) is 5.75 Å². The zero-order valence-corrected chi connectivity index (χ0v) is 11.9. The van der Waals surface area contributed by atoms with E-state index in [2.05, 4.69) is 5.32 Å². The standard InChI is InChI=1S/C14H20FNO2S/c1-2-11(7-8-17)9-16-14(18)10-19-13-6-4-3-5-12(13)15/h3-6,11,17H,2,7-10H2,1H3,(H,16,18). The minimum absolute atomic E-state index is 0.107. The minimum Gasteiger partial charge on any atom is -0.396 e. The lowest BCUT2D eigenvalue weighted by Crippen LogP contribution is -2.30. The Bertz CT molecular complexity index is 401. The molecule has 1 unspecified atom stereocenters. The number of aliphatic hydroxyl groups is 1. The van der Waals surface area contributed by atoms with Gasteiger partial charge in [-0.25, -0.2) is 4.39 Å². The molecule has 0 aliphatic rings. The first-order valence-electron chi connectivity index (χ1n) is 6.42. The highest BCUT2D eigenvalue weighted by Crippen LogP contribution is 2.20. The van der Waals surface area contributed by atoms with Gasteiger partial charge in [-0.05, 0) is 24.5 Å². The van der Waals surface area contributed by atoms with Gasteiger partial charge in [-0.15, -0.1) is 11.8 Å². The molecule has 1 aromatic carbocycles. The fourth-order valence-electron chi connectivity index (χ4n) is 1.65. The molecule has 1 amide bonds. The zero-order valence-electron chi connectivity index (χ0n) is 11.1. The van der Waals surface area contributed by atoms with Crippen LogP contribution in [0.1, 0.15) is 19.8 Å². The van der Waals surface area contributed by atoms with Gasteiger partial charge < -0.3 is 10.4 Å². The fraction of sp³-hybridized carbons (Fsp3) is 0.500. The van der Waals surface area contributed by atoms with Gasteiger partial charge in [0.15, 0.2) is 0 Å². The van der Waals surface area contributed by atoms with Gasteiger partial charge in [-0.1, -0.05) is 25.5 Å². The van der Waals surface area contributed by atoms with E-state index in [0.29, 0.717) is 23.8 Å². The Hall–Kier alpha value is -1.07. The van der Waals surface area contributed by atoms with Gasteiger partial charge in [0, 0.05) is 18.0 Å². The highest BCUT2D eigenvalue weighted by molar-refractivity contribution is 8.00. The quantitative estimate of drug-likeness (QED) is 0.721. The van der Waals surface area contributed by atoms with Gasteiger partial charge in [0.2, 0.25) is 5.91 Å². The molecule has 2 N–H and O–H groups in total. The predicted octanol–water partition coefficient (Wildman–Crippen LogP) is 2.44. The maximum Gasteiger partial charge on any atom is 0.230 e. The summed E-state index contributed by atoms with van der Waals surface area (Å²) in [6, 6.07) is 6.42. The van der Waals surface area contributed by atoms with E-state index in [0.717, 1.165) is 6.42 Å². The number of hydrogen-bond acceptors (Lipinski definition) is 3. The molecule has 0 radical (unpaired) electrons.